The Balaban J connectivity index is 2.40. The molecule has 1 aromatic heterocycles. The molecule has 2 amide bonds. The molecule has 8 heteroatoms. The summed E-state index contributed by atoms with van der Waals surface area (Å²) in [5, 5.41) is 5.80. The lowest BCUT2D eigenvalue weighted by Crippen LogP contribution is -2.36. The normalized spacial score (nSPS) is 13.1. The molecule has 1 rings (SSSR count). The molecule has 0 saturated heterocycles. The number of halogens is 3. The molecule has 0 fully saturated rings. The molecule has 1 heterocycles. The van der Waals surface area contributed by atoms with E-state index in [1.165, 1.54) is 0 Å². The van der Waals surface area contributed by atoms with Crippen LogP contribution in [0.25, 0.3) is 0 Å². The highest BCUT2D eigenvalue weighted by molar-refractivity contribution is 7.13. The predicted octanol–water partition coefficient (Wildman–Crippen LogP) is 4.25. The van der Waals surface area contributed by atoms with Gasteiger partial charge in [-0.3, -0.25) is 5.32 Å². The van der Waals surface area contributed by atoms with Crippen molar-refractivity contribution < 1.29 is 18.0 Å². The number of unbranched alkanes of at least 4 members (excludes halogenated alkanes) is 2. The van der Waals surface area contributed by atoms with Gasteiger partial charge in [-0.1, -0.05) is 26.2 Å². The molecule has 0 spiro atoms. The van der Waals surface area contributed by atoms with Crippen LogP contribution in [-0.2, 0) is 6.18 Å². The number of thiazole rings is 1. The van der Waals surface area contributed by atoms with Gasteiger partial charge in [0, 0.05) is 11.4 Å². The van der Waals surface area contributed by atoms with Gasteiger partial charge in [-0.15, -0.1) is 11.3 Å². The van der Waals surface area contributed by atoms with E-state index in [-0.39, 0.29) is 11.2 Å². The maximum absolute atomic E-state index is 12.3. The summed E-state index contributed by atoms with van der Waals surface area (Å²) in [6.07, 6.45) is -0.450. The van der Waals surface area contributed by atoms with Crippen LogP contribution >= 0.6 is 11.3 Å². The summed E-state index contributed by atoms with van der Waals surface area (Å²) in [6.45, 7) is 3.95. The molecule has 4 nitrogen and oxygen atoms in total. The molecule has 1 atom stereocenters. The van der Waals surface area contributed by atoms with Gasteiger partial charge in [-0.25, -0.2) is 9.78 Å². The number of nitrogens with one attached hydrogen (secondary N) is 2. The number of carbonyl (C=O) groups is 1. The van der Waals surface area contributed by atoms with Gasteiger partial charge in [0.1, 0.15) is 0 Å². The minimum Gasteiger partial charge on any atom is -0.335 e. The number of urea groups is 1. The standard InChI is InChI=1S/C12H18F3N3OS/c1-3-4-5-6-8(2)16-10(19)18-11-17-9(7-20-11)12(13,14)15/h7-8H,3-6H2,1-2H3,(H2,16,17,18,19). The Labute approximate surface area is 119 Å². The van der Waals surface area contributed by atoms with Crippen LogP contribution in [0, 0.1) is 0 Å². The quantitative estimate of drug-likeness (QED) is 0.772. The zero-order chi connectivity index (χ0) is 15.2. The Morgan fingerprint density at radius 3 is 2.70 bits per heavy atom. The van der Waals surface area contributed by atoms with Crippen molar-refractivity contribution in [1.29, 1.82) is 0 Å². The number of rotatable bonds is 6. The Morgan fingerprint density at radius 2 is 2.15 bits per heavy atom. The van der Waals surface area contributed by atoms with Crippen LogP contribution in [0.1, 0.15) is 45.2 Å². The fourth-order valence-electron chi connectivity index (χ4n) is 1.59. The average Bonchev–Trinajstić information content (AvgIpc) is 2.77. The molecule has 114 valence electrons. The third kappa shape index (κ3) is 5.77. The van der Waals surface area contributed by atoms with E-state index in [4.69, 9.17) is 0 Å². The van der Waals surface area contributed by atoms with E-state index >= 15 is 0 Å². The number of nitrogens with zero attached hydrogens (tertiary/aromatic N) is 1. The number of alkyl halides is 3. The zero-order valence-corrected chi connectivity index (χ0v) is 12.2. The van der Waals surface area contributed by atoms with Gasteiger partial charge < -0.3 is 5.32 Å². The maximum Gasteiger partial charge on any atom is 0.434 e. The predicted molar refractivity (Wildman–Crippen MR) is 72.9 cm³/mol. The second-order valence-electron chi connectivity index (χ2n) is 4.53. The van der Waals surface area contributed by atoms with Crippen molar-refractivity contribution in [2.45, 2.75) is 51.7 Å². The SMILES string of the molecule is CCCCCC(C)NC(=O)Nc1nc(C(F)(F)F)cs1. The average molecular weight is 309 g/mol. The number of anilines is 1. The molecule has 0 saturated carbocycles. The number of hydrogen-bond acceptors (Lipinski definition) is 3. The topological polar surface area (TPSA) is 54.0 Å². The van der Waals surface area contributed by atoms with E-state index in [0.717, 1.165) is 42.4 Å². The lowest BCUT2D eigenvalue weighted by atomic mass is 10.1. The Bertz CT molecular complexity index is 434. The summed E-state index contributed by atoms with van der Waals surface area (Å²) in [5.41, 5.74) is -0.992. The molecule has 0 bridgehead atoms. The van der Waals surface area contributed by atoms with Gasteiger partial charge in [-0.2, -0.15) is 13.2 Å². The molecule has 2 N–H and O–H groups in total. The second-order valence-corrected chi connectivity index (χ2v) is 5.39. The highest BCUT2D eigenvalue weighted by atomic mass is 32.1. The molecule has 0 aromatic carbocycles. The van der Waals surface area contributed by atoms with Crippen LogP contribution in [0.4, 0.5) is 23.1 Å². The van der Waals surface area contributed by atoms with E-state index in [0.29, 0.717) is 0 Å². The largest absolute Gasteiger partial charge is 0.434 e. The molecule has 0 aliphatic heterocycles. The van der Waals surface area contributed by atoms with E-state index in [1.807, 2.05) is 6.92 Å². The van der Waals surface area contributed by atoms with Crippen LogP contribution < -0.4 is 10.6 Å². The van der Waals surface area contributed by atoms with Gasteiger partial charge in [0.25, 0.3) is 0 Å². The smallest absolute Gasteiger partial charge is 0.335 e. The van der Waals surface area contributed by atoms with E-state index in [9.17, 15) is 18.0 Å². The number of aromatic nitrogens is 1. The van der Waals surface area contributed by atoms with Crippen molar-refractivity contribution in [2.75, 3.05) is 5.32 Å². The third-order valence-electron chi connectivity index (χ3n) is 2.63. The van der Waals surface area contributed by atoms with Gasteiger partial charge in [0.2, 0.25) is 0 Å². The van der Waals surface area contributed by atoms with Crippen molar-refractivity contribution in [1.82, 2.24) is 10.3 Å². The fraction of sp³-hybridized carbons (Fsp3) is 0.667. The van der Waals surface area contributed by atoms with Crippen molar-refractivity contribution in [3.8, 4) is 0 Å². The molecular formula is C12H18F3N3OS. The zero-order valence-electron chi connectivity index (χ0n) is 11.4. The van der Waals surface area contributed by atoms with E-state index in [1.54, 1.807) is 0 Å². The summed E-state index contributed by atoms with van der Waals surface area (Å²) >= 11 is 0.750. The summed E-state index contributed by atoms with van der Waals surface area (Å²) in [7, 11) is 0. The molecule has 0 aliphatic carbocycles. The van der Waals surface area contributed by atoms with Crippen LogP contribution in [-0.4, -0.2) is 17.1 Å². The van der Waals surface area contributed by atoms with Gasteiger partial charge in [0.15, 0.2) is 10.8 Å². The molecule has 20 heavy (non-hydrogen) atoms. The summed E-state index contributed by atoms with van der Waals surface area (Å²) in [6, 6.07) is -0.555. The molecular weight excluding hydrogens is 291 g/mol. The van der Waals surface area contributed by atoms with Crippen molar-refractivity contribution in [3.63, 3.8) is 0 Å². The summed E-state index contributed by atoms with van der Waals surface area (Å²) in [4.78, 5) is 14.9. The first-order valence-electron chi connectivity index (χ1n) is 6.43. The molecule has 0 aliphatic rings. The number of amides is 2. The van der Waals surface area contributed by atoms with Crippen molar-refractivity contribution in [3.05, 3.63) is 11.1 Å². The molecule has 0 radical (unpaired) electrons. The first-order chi connectivity index (χ1) is 9.32. The highest BCUT2D eigenvalue weighted by Gasteiger charge is 2.33. The van der Waals surface area contributed by atoms with Gasteiger partial charge in [-0.05, 0) is 13.3 Å². The minimum atomic E-state index is -4.49. The van der Waals surface area contributed by atoms with Crippen molar-refractivity contribution >= 4 is 22.5 Å². The Morgan fingerprint density at radius 1 is 1.45 bits per heavy atom. The van der Waals surface area contributed by atoms with Crippen LogP contribution in [0.2, 0.25) is 0 Å². The maximum atomic E-state index is 12.3. The van der Waals surface area contributed by atoms with E-state index < -0.39 is 17.9 Å². The highest BCUT2D eigenvalue weighted by Crippen LogP contribution is 2.31. The van der Waals surface area contributed by atoms with Gasteiger partial charge >= 0.3 is 12.2 Å². The Kier molecular flexibility index (Phi) is 6.25. The second kappa shape index (κ2) is 7.47. The lowest BCUT2D eigenvalue weighted by Gasteiger charge is -2.13. The first-order valence-corrected chi connectivity index (χ1v) is 7.31. The third-order valence-corrected chi connectivity index (χ3v) is 3.39. The first kappa shape index (κ1) is 16.7. The van der Waals surface area contributed by atoms with Crippen LogP contribution in [0.3, 0.4) is 0 Å². The molecule has 1 unspecified atom stereocenters. The van der Waals surface area contributed by atoms with Gasteiger partial charge in [0.05, 0.1) is 0 Å². The summed E-state index contributed by atoms with van der Waals surface area (Å²) in [5.74, 6) is 0. The Hall–Kier alpha value is -1.31. The monoisotopic (exact) mass is 309 g/mol. The minimum absolute atomic E-state index is 0.0244. The van der Waals surface area contributed by atoms with E-state index in [2.05, 4.69) is 22.5 Å². The number of carbonyl (C=O) groups excluding carboxylic acids is 1. The van der Waals surface area contributed by atoms with Crippen LogP contribution in [0.5, 0.6) is 0 Å². The number of hydrogen-bond donors (Lipinski definition) is 2. The lowest BCUT2D eigenvalue weighted by molar-refractivity contribution is -0.140. The van der Waals surface area contributed by atoms with Crippen molar-refractivity contribution in [2.24, 2.45) is 0 Å². The fourth-order valence-corrected chi connectivity index (χ4v) is 2.30. The van der Waals surface area contributed by atoms with Crippen LogP contribution in [0.15, 0.2) is 5.38 Å². The summed E-state index contributed by atoms with van der Waals surface area (Å²) < 4.78 is 37.0. The molecule has 1 aromatic rings.